The normalized spacial score (nSPS) is 15.6. The van der Waals surface area contributed by atoms with E-state index >= 15 is 0 Å². The summed E-state index contributed by atoms with van der Waals surface area (Å²) in [5.41, 5.74) is 3.54. The van der Waals surface area contributed by atoms with Gasteiger partial charge in [-0.3, -0.25) is 9.48 Å². The highest BCUT2D eigenvalue weighted by atomic mass is 35.5. The standard InChI is InChI=1S/C15H26N4O.ClH/c1-4-13-12(14(5-2)19(3)18-13)10-17-15(20)11-6-8-16-9-7-11;/h11,16H,4-10H2,1-3H3,(H,17,20);1H. The Hall–Kier alpha value is -1.07. The maximum Gasteiger partial charge on any atom is 0.223 e. The van der Waals surface area contributed by atoms with Crippen molar-refractivity contribution >= 4 is 18.3 Å². The minimum atomic E-state index is 0. The number of hydrogen-bond donors (Lipinski definition) is 2. The lowest BCUT2D eigenvalue weighted by Gasteiger charge is -2.21. The molecule has 0 bridgehead atoms. The van der Waals surface area contributed by atoms with Crippen molar-refractivity contribution in [1.29, 1.82) is 0 Å². The molecule has 0 aliphatic carbocycles. The van der Waals surface area contributed by atoms with Crippen molar-refractivity contribution in [3.63, 3.8) is 0 Å². The third-order valence-corrected chi connectivity index (χ3v) is 4.18. The van der Waals surface area contributed by atoms with Crippen LogP contribution in [0.3, 0.4) is 0 Å². The minimum absolute atomic E-state index is 0. The molecule has 0 unspecified atom stereocenters. The van der Waals surface area contributed by atoms with Crippen LogP contribution in [0.4, 0.5) is 0 Å². The fourth-order valence-corrected chi connectivity index (χ4v) is 3.00. The summed E-state index contributed by atoms with van der Waals surface area (Å²) < 4.78 is 1.95. The number of carbonyl (C=O) groups excluding carboxylic acids is 1. The van der Waals surface area contributed by atoms with Crippen LogP contribution in [-0.2, 0) is 31.2 Å². The number of rotatable bonds is 5. The van der Waals surface area contributed by atoms with E-state index in [4.69, 9.17) is 0 Å². The molecule has 1 aromatic heterocycles. The van der Waals surface area contributed by atoms with Gasteiger partial charge in [-0.1, -0.05) is 13.8 Å². The van der Waals surface area contributed by atoms with Crippen molar-refractivity contribution < 1.29 is 4.79 Å². The van der Waals surface area contributed by atoms with E-state index in [9.17, 15) is 4.79 Å². The zero-order chi connectivity index (χ0) is 14.5. The number of halogens is 1. The van der Waals surface area contributed by atoms with Gasteiger partial charge in [-0.05, 0) is 38.8 Å². The quantitative estimate of drug-likeness (QED) is 0.867. The van der Waals surface area contributed by atoms with Crippen molar-refractivity contribution in [2.24, 2.45) is 13.0 Å². The summed E-state index contributed by atoms with van der Waals surface area (Å²) in [5.74, 6) is 0.363. The molecule has 1 aliphatic rings. The molecule has 5 nitrogen and oxygen atoms in total. The first-order valence-corrected chi connectivity index (χ1v) is 7.69. The summed E-state index contributed by atoms with van der Waals surface area (Å²) in [4.78, 5) is 12.2. The van der Waals surface area contributed by atoms with Crippen molar-refractivity contribution in [2.45, 2.75) is 46.1 Å². The number of aromatic nitrogens is 2. The maximum atomic E-state index is 12.2. The number of amides is 1. The monoisotopic (exact) mass is 314 g/mol. The molecule has 6 heteroatoms. The molecule has 0 radical (unpaired) electrons. The highest BCUT2D eigenvalue weighted by Gasteiger charge is 2.21. The fraction of sp³-hybridized carbons (Fsp3) is 0.733. The van der Waals surface area contributed by atoms with Crippen molar-refractivity contribution in [3.05, 3.63) is 17.0 Å². The van der Waals surface area contributed by atoms with Gasteiger partial charge < -0.3 is 10.6 Å². The van der Waals surface area contributed by atoms with Gasteiger partial charge in [-0.25, -0.2) is 0 Å². The van der Waals surface area contributed by atoms with Gasteiger partial charge >= 0.3 is 0 Å². The third kappa shape index (κ3) is 4.20. The predicted molar refractivity (Wildman–Crippen MR) is 86.7 cm³/mol. The first-order chi connectivity index (χ1) is 9.67. The van der Waals surface area contributed by atoms with Crippen LogP contribution in [-0.4, -0.2) is 28.8 Å². The van der Waals surface area contributed by atoms with Crippen LogP contribution >= 0.6 is 12.4 Å². The molecule has 0 aromatic carbocycles. The predicted octanol–water partition coefficient (Wildman–Crippen LogP) is 1.58. The van der Waals surface area contributed by atoms with E-state index in [1.165, 1.54) is 11.3 Å². The van der Waals surface area contributed by atoms with Gasteiger partial charge in [0.05, 0.1) is 5.69 Å². The van der Waals surface area contributed by atoms with Crippen molar-refractivity contribution in [1.82, 2.24) is 20.4 Å². The smallest absolute Gasteiger partial charge is 0.223 e. The average molecular weight is 315 g/mol. The van der Waals surface area contributed by atoms with Crippen LogP contribution in [0.5, 0.6) is 0 Å². The van der Waals surface area contributed by atoms with Gasteiger partial charge in [0, 0.05) is 30.8 Å². The second-order valence-electron chi connectivity index (χ2n) is 5.44. The summed E-state index contributed by atoms with van der Waals surface area (Å²) in [6, 6.07) is 0. The largest absolute Gasteiger partial charge is 0.352 e. The Morgan fingerprint density at radius 1 is 1.33 bits per heavy atom. The first kappa shape index (κ1) is 18.0. The molecule has 0 saturated carbocycles. The SMILES string of the molecule is CCc1nn(C)c(CC)c1CNC(=O)C1CCNCC1.Cl. The molecule has 2 rings (SSSR count). The molecule has 0 spiro atoms. The summed E-state index contributed by atoms with van der Waals surface area (Å²) in [6.45, 7) is 6.76. The summed E-state index contributed by atoms with van der Waals surface area (Å²) >= 11 is 0. The lowest BCUT2D eigenvalue weighted by Crippen LogP contribution is -2.38. The average Bonchev–Trinajstić information content (AvgIpc) is 2.80. The van der Waals surface area contributed by atoms with Crippen LogP contribution < -0.4 is 10.6 Å². The van der Waals surface area contributed by atoms with E-state index in [-0.39, 0.29) is 24.2 Å². The summed E-state index contributed by atoms with van der Waals surface area (Å²) in [6.07, 6.45) is 3.74. The van der Waals surface area contributed by atoms with Crippen LogP contribution in [0.2, 0.25) is 0 Å². The van der Waals surface area contributed by atoms with E-state index in [1.807, 2.05) is 11.7 Å². The Morgan fingerprint density at radius 3 is 2.57 bits per heavy atom. The zero-order valence-electron chi connectivity index (χ0n) is 13.2. The second kappa shape index (κ2) is 8.39. The number of nitrogens with one attached hydrogen (secondary N) is 2. The topological polar surface area (TPSA) is 59.0 Å². The molecule has 0 atom stereocenters. The van der Waals surface area contributed by atoms with Gasteiger partial charge in [0.2, 0.25) is 5.91 Å². The van der Waals surface area contributed by atoms with Gasteiger partial charge in [-0.2, -0.15) is 5.10 Å². The molecule has 120 valence electrons. The Balaban J connectivity index is 0.00000220. The summed E-state index contributed by atoms with van der Waals surface area (Å²) in [5, 5.41) is 10.9. The maximum absolute atomic E-state index is 12.2. The zero-order valence-corrected chi connectivity index (χ0v) is 14.1. The number of carbonyl (C=O) groups is 1. The van der Waals surface area contributed by atoms with Crippen LogP contribution in [0.15, 0.2) is 0 Å². The van der Waals surface area contributed by atoms with Crippen molar-refractivity contribution in [2.75, 3.05) is 13.1 Å². The number of nitrogens with zero attached hydrogens (tertiary/aromatic N) is 2. The molecule has 1 aromatic rings. The lowest BCUT2D eigenvalue weighted by atomic mass is 9.97. The van der Waals surface area contributed by atoms with Gasteiger partial charge in [0.25, 0.3) is 0 Å². The van der Waals surface area contributed by atoms with E-state index in [1.54, 1.807) is 0 Å². The van der Waals surface area contributed by atoms with Gasteiger partial charge in [0.15, 0.2) is 0 Å². The number of piperidine rings is 1. The Morgan fingerprint density at radius 2 is 2.00 bits per heavy atom. The number of aryl methyl sites for hydroxylation is 2. The van der Waals surface area contributed by atoms with E-state index in [2.05, 4.69) is 29.6 Å². The molecule has 1 fully saturated rings. The summed E-state index contributed by atoms with van der Waals surface area (Å²) in [7, 11) is 1.98. The van der Waals surface area contributed by atoms with E-state index < -0.39 is 0 Å². The molecular weight excluding hydrogens is 288 g/mol. The number of hydrogen-bond acceptors (Lipinski definition) is 3. The molecule has 1 amide bonds. The highest BCUT2D eigenvalue weighted by molar-refractivity contribution is 5.85. The molecule has 1 aliphatic heterocycles. The second-order valence-corrected chi connectivity index (χ2v) is 5.44. The van der Waals surface area contributed by atoms with Crippen molar-refractivity contribution in [3.8, 4) is 0 Å². The van der Waals surface area contributed by atoms with E-state index in [0.29, 0.717) is 6.54 Å². The Labute approximate surface area is 133 Å². The van der Waals surface area contributed by atoms with Crippen LogP contribution in [0.25, 0.3) is 0 Å². The van der Waals surface area contributed by atoms with Gasteiger partial charge in [0.1, 0.15) is 0 Å². The Bertz CT molecular complexity index is 466. The first-order valence-electron chi connectivity index (χ1n) is 7.69. The molecule has 2 N–H and O–H groups in total. The molecule has 2 heterocycles. The van der Waals surface area contributed by atoms with Crippen LogP contribution in [0, 0.1) is 5.92 Å². The lowest BCUT2D eigenvalue weighted by molar-refractivity contribution is -0.125. The molecule has 21 heavy (non-hydrogen) atoms. The van der Waals surface area contributed by atoms with E-state index in [0.717, 1.165) is 44.5 Å². The molecule has 1 saturated heterocycles. The van der Waals surface area contributed by atoms with Crippen LogP contribution in [0.1, 0.15) is 43.6 Å². The minimum Gasteiger partial charge on any atom is -0.352 e. The molecular formula is C15H27ClN4O. The highest BCUT2D eigenvalue weighted by Crippen LogP contribution is 2.16. The van der Waals surface area contributed by atoms with Gasteiger partial charge in [-0.15, -0.1) is 12.4 Å². The third-order valence-electron chi connectivity index (χ3n) is 4.18. The Kier molecular flexibility index (Phi) is 7.18. The fourth-order valence-electron chi connectivity index (χ4n) is 3.00.